The summed E-state index contributed by atoms with van der Waals surface area (Å²) < 4.78 is 15.1. The van der Waals surface area contributed by atoms with Gasteiger partial charge in [-0.3, -0.25) is 0 Å². The summed E-state index contributed by atoms with van der Waals surface area (Å²) in [6.45, 7) is 0.755. The monoisotopic (exact) mass is 351 g/mol. The van der Waals surface area contributed by atoms with Gasteiger partial charge in [0.15, 0.2) is 0 Å². The molecule has 0 bridgehead atoms. The SMILES string of the molecule is Fc1cc(CNC2CC2)ccc1Sc1ccc(Br)cc1. The van der Waals surface area contributed by atoms with Crippen LogP contribution in [0.2, 0.25) is 0 Å². The molecule has 20 heavy (non-hydrogen) atoms. The minimum absolute atomic E-state index is 0.145. The number of hydrogen-bond acceptors (Lipinski definition) is 2. The first-order valence-corrected chi connectivity index (χ1v) is 8.27. The topological polar surface area (TPSA) is 12.0 Å². The van der Waals surface area contributed by atoms with E-state index in [1.54, 1.807) is 6.07 Å². The maximum atomic E-state index is 14.1. The van der Waals surface area contributed by atoms with Crippen LogP contribution in [0.5, 0.6) is 0 Å². The Morgan fingerprint density at radius 3 is 2.55 bits per heavy atom. The van der Waals surface area contributed by atoms with E-state index in [0.29, 0.717) is 10.9 Å². The summed E-state index contributed by atoms with van der Waals surface area (Å²) >= 11 is 4.85. The third-order valence-corrected chi connectivity index (χ3v) is 4.80. The largest absolute Gasteiger partial charge is 0.310 e. The zero-order valence-corrected chi connectivity index (χ0v) is 13.3. The Bertz CT molecular complexity index is 596. The molecule has 3 rings (SSSR count). The first-order chi connectivity index (χ1) is 9.70. The molecule has 0 aromatic heterocycles. The van der Waals surface area contributed by atoms with E-state index in [9.17, 15) is 4.39 Å². The van der Waals surface area contributed by atoms with Gasteiger partial charge in [0, 0.05) is 26.9 Å². The zero-order valence-electron chi connectivity index (χ0n) is 10.9. The molecular formula is C16H15BrFNS. The Labute approximate surface area is 131 Å². The molecule has 1 saturated carbocycles. The van der Waals surface area contributed by atoms with Gasteiger partial charge in [0.25, 0.3) is 0 Å². The fourth-order valence-electron chi connectivity index (χ4n) is 1.92. The smallest absolute Gasteiger partial charge is 0.137 e. The van der Waals surface area contributed by atoms with Crippen LogP contribution in [-0.2, 0) is 6.54 Å². The van der Waals surface area contributed by atoms with Gasteiger partial charge in [-0.05, 0) is 54.8 Å². The van der Waals surface area contributed by atoms with Crippen LogP contribution in [0.3, 0.4) is 0 Å². The van der Waals surface area contributed by atoms with Crippen molar-refractivity contribution in [1.29, 1.82) is 0 Å². The lowest BCUT2D eigenvalue weighted by molar-refractivity contribution is 0.595. The van der Waals surface area contributed by atoms with Gasteiger partial charge in [-0.25, -0.2) is 4.39 Å². The van der Waals surface area contributed by atoms with Crippen LogP contribution in [0, 0.1) is 5.82 Å². The van der Waals surface area contributed by atoms with Crippen molar-refractivity contribution in [2.24, 2.45) is 0 Å². The van der Waals surface area contributed by atoms with Crippen molar-refractivity contribution in [3.05, 3.63) is 58.3 Å². The predicted octanol–water partition coefficient (Wildman–Crippen LogP) is 4.99. The zero-order chi connectivity index (χ0) is 13.9. The molecule has 0 aliphatic heterocycles. The second kappa shape index (κ2) is 6.29. The summed E-state index contributed by atoms with van der Waals surface area (Å²) in [5.41, 5.74) is 1.01. The maximum absolute atomic E-state index is 14.1. The number of benzene rings is 2. The van der Waals surface area contributed by atoms with Gasteiger partial charge >= 0.3 is 0 Å². The van der Waals surface area contributed by atoms with Crippen molar-refractivity contribution in [3.8, 4) is 0 Å². The molecule has 0 spiro atoms. The molecule has 104 valence electrons. The van der Waals surface area contributed by atoms with Crippen molar-refractivity contribution >= 4 is 27.7 Å². The standard InChI is InChI=1S/C16H15BrFNS/c17-12-2-6-14(7-3-12)20-16-8-1-11(9-15(16)18)10-19-13-4-5-13/h1-3,6-9,13,19H,4-5,10H2. The first kappa shape index (κ1) is 14.1. The molecule has 0 atom stereocenters. The summed E-state index contributed by atoms with van der Waals surface area (Å²) in [6, 6.07) is 14.0. The highest BCUT2D eigenvalue weighted by Crippen LogP contribution is 2.31. The molecule has 2 aromatic carbocycles. The van der Waals surface area contributed by atoms with Crippen molar-refractivity contribution in [2.75, 3.05) is 0 Å². The van der Waals surface area contributed by atoms with Crippen LogP contribution < -0.4 is 5.32 Å². The minimum atomic E-state index is -0.145. The summed E-state index contributed by atoms with van der Waals surface area (Å²) in [5, 5.41) is 3.40. The molecule has 1 aliphatic rings. The predicted molar refractivity (Wildman–Crippen MR) is 84.5 cm³/mol. The van der Waals surface area contributed by atoms with E-state index in [-0.39, 0.29) is 5.82 Å². The Balaban J connectivity index is 1.68. The number of nitrogens with one attached hydrogen (secondary N) is 1. The minimum Gasteiger partial charge on any atom is -0.310 e. The van der Waals surface area contributed by atoms with Gasteiger partial charge in [0.1, 0.15) is 5.82 Å². The molecule has 0 saturated heterocycles. The summed E-state index contributed by atoms with van der Waals surface area (Å²) in [6.07, 6.45) is 2.50. The number of hydrogen-bond donors (Lipinski definition) is 1. The Hall–Kier alpha value is -0.840. The fourth-order valence-corrected chi connectivity index (χ4v) is 3.00. The molecule has 1 nitrogen and oxygen atoms in total. The van der Waals surface area contributed by atoms with E-state index in [1.807, 2.05) is 36.4 Å². The van der Waals surface area contributed by atoms with Crippen LogP contribution in [0.15, 0.2) is 56.7 Å². The van der Waals surface area contributed by atoms with Crippen molar-refractivity contribution in [3.63, 3.8) is 0 Å². The van der Waals surface area contributed by atoms with Gasteiger partial charge in [-0.15, -0.1) is 0 Å². The van der Waals surface area contributed by atoms with Gasteiger partial charge in [-0.1, -0.05) is 33.8 Å². The lowest BCUT2D eigenvalue weighted by atomic mass is 10.2. The van der Waals surface area contributed by atoms with E-state index in [1.165, 1.54) is 24.6 Å². The van der Waals surface area contributed by atoms with E-state index in [4.69, 9.17) is 0 Å². The third-order valence-electron chi connectivity index (χ3n) is 3.21. The van der Waals surface area contributed by atoms with Crippen LogP contribution in [0.4, 0.5) is 4.39 Å². The molecule has 4 heteroatoms. The van der Waals surface area contributed by atoms with Crippen LogP contribution in [-0.4, -0.2) is 6.04 Å². The lowest BCUT2D eigenvalue weighted by Gasteiger charge is -2.07. The van der Waals surface area contributed by atoms with Crippen LogP contribution >= 0.6 is 27.7 Å². The van der Waals surface area contributed by atoms with E-state index < -0.39 is 0 Å². The number of rotatable bonds is 5. The van der Waals surface area contributed by atoms with E-state index in [0.717, 1.165) is 21.5 Å². The number of halogens is 2. The van der Waals surface area contributed by atoms with E-state index in [2.05, 4.69) is 21.2 Å². The molecule has 0 radical (unpaired) electrons. The average molecular weight is 352 g/mol. The highest BCUT2D eigenvalue weighted by molar-refractivity contribution is 9.10. The highest BCUT2D eigenvalue weighted by Gasteiger charge is 2.20. The summed E-state index contributed by atoms with van der Waals surface area (Å²) in [5.74, 6) is -0.145. The average Bonchev–Trinajstić information content (AvgIpc) is 3.26. The summed E-state index contributed by atoms with van der Waals surface area (Å²) in [4.78, 5) is 1.71. The van der Waals surface area contributed by atoms with Gasteiger partial charge < -0.3 is 5.32 Å². The van der Waals surface area contributed by atoms with E-state index >= 15 is 0 Å². The quantitative estimate of drug-likeness (QED) is 0.814. The highest BCUT2D eigenvalue weighted by atomic mass is 79.9. The molecule has 0 unspecified atom stereocenters. The maximum Gasteiger partial charge on any atom is 0.137 e. The first-order valence-electron chi connectivity index (χ1n) is 6.66. The Kier molecular flexibility index (Phi) is 4.44. The molecule has 1 N–H and O–H groups in total. The van der Waals surface area contributed by atoms with Gasteiger partial charge in [0.05, 0.1) is 0 Å². The van der Waals surface area contributed by atoms with Crippen LogP contribution in [0.1, 0.15) is 18.4 Å². The van der Waals surface area contributed by atoms with Crippen molar-refractivity contribution < 1.29 is 4.39 Å². The second-order valence-electron chi connectivity index (χ2n) is 4.98. The van der Waals surface area contributed by atoms with Crippen LogP contribution in [0.25, 0.3) is 0 Å². The molecule has 2 aromatic rings. The molecule has 1 aliphatic carbocycles. The van der Waals surface area contributed by atoms with Crippen molar-refractivity contribution in [1.82, 2.24) is 5.32 Å². The Morgan fingerprint density at radius 1 is 1.15 bits per heavy atom. The Morgan fingerprint density at radius 2 is 1.90 bits per heavy atom. The fraction of sp³-hybridized carbons (Fsp3) is 0.250. The third kappa shape index (κ3) is 3.84. The van der Waals surface area contributed by atoms with Crippen molar-refractivity contribution in [2.45, 2.75) is 35.2 Å². The van der Waals surface area contributed by atoms with Gasteiger partial charge in [-0.2, -0.15) is 0 Å². The van der Waals surface area contributed by atoms with Gasteiger partial charge in [0.2, 0.25) is 0 Å². The molecule has 0 amide bonds. The molecule has 0 heterocycles. The molecule has 1 fully saturated rings. The molecular weight excluding hydrogens is 337 g/mol. The lowest BCUT2D eigenvalue weighted by Crippen LogP contribution is -2.15. The second-order valence-corrected chi connectivity index (χ2v) is 7.01. The summed E-state index contributed by atoms with van der Waals surface area (Å²) in [7, 11) is 0. The normalized spacial score (nSPS) is 14.5.